The molecule has 0 radical (unpaired) electrons. The summed E-state index contributed by atoms with van der Waals surface area (Å²) < 4.78 is 0. The van der Waals surface area contributed by atoms with Crippen LogP contribution in [0.4, 0.5) is 0 Å². The summed E-state index contributed by atoms with van der Waals surface area (Å²) in [7, 11) is 0. The standard InChI is InChI=1S/C15H29N3O2/c1-6-12(19)17-8-7-9-18(11-10-17)13(20)14(2,3)15(4,5)16/h6-11,16H2,1-5H3. The lowest BCUT2D eigenvalue weighted by atomic mass is 9.74. The minimum atomic E-state index is -0.614. The highest BCUT2D eigenvalue weighted by Crippen LogP contribution is 2.31. The zero-order chi connectivity index (χ0) is 15.6. The fourth-order valence-corrected chi connectivity index (χ4v) is 2.26. The Bertz CT molecular complexity index is 372. The van der Waals surface area contributed by atoms with E-state index in [4.69, 9.17) is 5.73 Å². The summed E-state index contributed by atoms with van der Waals surface area (Å²) in [6.07, 6.45) is 1.35. The monoisotopic (exact) mass is 283 g/mol. The maximum Gasteiger partial charge on any atom is 0.230 e. The maximum absolute atomic E-state index is 12.7. The number of nitrogens with two attached hydrogens (primary N) is 1. The van der Waals surface area contributed by atoms with Gasteiger partial charge in [0, 0.05) is 38.1 Å². The van der Waals surface area contributed by atoms with E-state index in [-0.39, 0.29) is 11.8 Å². The minimum absolute atomic E-state index is 0.0794. The fraction of sp³-hybridized carbons (Fsp3) is 0.867. The molecule has 20 heavy (non-hydrogen) atoms. The van der Waals surface area contributed by atoms with Crippen LogP contribution >= 0.6 is 0 Å². The normalized spacial score (nSPS) is 17.9. The summed E-state index contributed by atoms with van der Waals surface area (Å²) in [5.74, 6) is 0.244. The Kier molecular flexibility index (Phi) is 5.19. The summed E-state index contributed by atoms with van der Waals surface area (Å²) in [4.78, 5) is 28.2. The molecule has 1 saturated heterocycles. The summed E-state index contributed by atoms with van der Waals surface area (Å²) in [6, 6.07) is 0. The molecular formula is C15H29N3O2. The second-order valence-corrected chi connectivity index (χ2v) is 6.73. The molecule has 1 rings (SSSR count). The number of amides is 2. The van der Waals surface area contributed by atoms with E-state index in [1.807, 2.05) is 44.4 Å². The zero-order valence-corrected chi connectivity index (χ0v) is 13.5. The Morgan fingerprint density at radius 2 is 1.50 bits per heavy atom. The van der Waals surface area contributed by atoms with Crippen molar-refractivity contribution in [2.45, 2.75) is 53.0 Å². The average molecular weight is 283 g/mol. The number of rotatable bonds is 3. The first kappa shape index (κ1) is 17.0. The topological polar surface area (TPSA) is 66.6 Å². The van der Waals surface area contributed by atoms with E-state index in [1.165, 1.54) is 0 Å². The molecule has 1 fully saturated rings. The average Bonchev–Trinajstić information content (AvgIpc) is 2.61. The lowest BCUT2D eigenvalue weighted by molar-refractivity contribution is -0.143. The van der Waals surface area contributed by atoms with E-state index >= 15 is 0 Å². The molecule has 1 aliphatic heterocycles. The zero-order valence-electron chi connectivity index (χ0n) is 13.5. The van der Waals surface area contributed by atoms with Crippen LogP contribution in [0, 0.1) is 5.41 Å². The van der Waals surface area contributed by atoms with Gasteiger partial charge in [-0.05, 0) is 34.1 Å². The van der Waals surface area contributed by atoms with Gasteiger partial charge in [0.25, 0.3) is 0 Å². The molecule has 0 atom stereocenters. The van der Waals surface area contributed by atoms with Crippen molar-refractivity contribution >= 4 is 11.8 Å². The van der Waals surface area contributed by atoms with Crippen LogP contribution in [0.3, 0.4) is 0 Å². The van der Waals surface area contributed by atoms with Crippen LogP contribution in [-0.2, 0) is 9.59 Å². The molecule has 0 unspecified atom stereocenters. The van der Waals surface area contributed by atoms with Crippen molar-refractivity contribution in [1.29, 1.82) is 0 Å². The molecule has 0 spiro atoms. The Balaban J connectivity index is 2.75. The molecule has 0 aromatic heterocycles. The van der Waals surface area contributed by atoms with Gasteiger partial charge in [0.1, 0.15) is 0 Å². The van der Waals surface area contributed by atoms with Crippen LogP contribution in [0.1, 0.15) is 47.5 Å². The first-order valence-corrected chi connectivity index (χ1v) is 7.47. The Hall–Kier alpha value is -1.10. The Morgan fingerprint density at radius 1 is 1.00 bits per heavy atom. The van der Waals surface area contributed by atoms with Crippen LogP contribution < -0.4 is 5.73 Å². The highest BCUT2D eigenvalue weighted by Gasteiger charge is 2.43. The number of hydrogen-bond acceptors (Lipinski definition) is 3. The molecule has 1 heterocycles. The van der Waals surface area contributed by atoms with Crippen molar-refractivity contribution in [1.82, 2.24) is 9.80 Å². The first-order chi connectivity index (χ1) is 9.11. The largest absolute Gasteiger partial charge is 0.341 e. The van der Waals surface area contributed by atoms with Gasteiger partial charge < -0.3 is 15.5 Å². The van der Waals surface area contributed by atoms with Crippen LogP contribution in [0.25, 0.3) is 0 Å². The van der Waals surface area contributed by atoms with E-state index in [9.17, 15) is 9.59 Å². The van der Waals surface area contributed by atoms with Gasteiger partial charge in [-0.1, -0.05) is 6.92 Å². The molecule has 0 saturated carbocycles. The molecule has 116 valence electrons. The van der Waals surface area contributed by atoms with Gasteiger partial charge in [-0.15, -0.1) is 0 Å². The fourth-order valence-electron chi connectivity index (χ4n) is 2.26. The van der Waals surface area contributed by atoms with Gasteiger partial charge in [0.15, 0.2) is 0 Å². The second-order valence-electron chi connectivity index (χ2n) is 6.73. The quantitative estimate of drug-likeness (QED) is 0.847. The third-order valence-electron chi connectivity index (χ3n) is 4.58. The van der Waals surface area contributed by atoms with Crippen LogP contribution in [0.5, 0.6) is 0 Å². The summed E-state index contributed by atoms with van der Waals surface area (Å²) in [6.45, 7) is 12.1. The van der Waals surface area contributed by atoms with Crippen LogP contribution in [0.2, 0.25) is 0 Å². The van der Waals surface area contributed by atoms with E-state index < -0.39 is 11.0 Å². The molecule has 0 bridgehead atoms. The van der Waals surface area contributed by atoms with Gasteiger partial charge in [-0.3, -0.25) is 9.59 Å². The van der Waals surface area contributed by atoms with E-state index in [0.29, 0.717) is 26.1 Å². The maximum atomic E-state index is 12.7. The summed E-state index contributed by atoms with van der Waals surface area (Å²) >= 11 is 0. The number of hydrogen-bond donors (Lipinski definition) is 1. The molecule has 0 aromatic rings. The number of carbonyl (C=O) groups excluding carboxylic acids is 2. The number of nitrogens with zero attached hydrogens (tertiary/aromatic N) is 2. The molecule has 5 heteroatoms. The molecule has 0 aliphatic carbocycles. The second kappa shape index (κ2) is 6.12. The van der Waals surface area contributed by atoms with Crippen molar-refractivity contribution in [3.05, 3.63) is 0 Å². The van der Waals surface area contributed by atoms with Crippen molar-refractivity contribution in [2.24, 2.45) is 11.1 Å². The Morgan fingerprint density at radius 3 is 2.00 bits per heavy atom. The third-order valence-corrected chi connectivity index (χ3v) is 4.58. The lowest BCUT2D eigenvalue weighted by Crippen LogP contribution is -2.57. The van der Waals surface area contributed by atoms with Gasteiger partial charge in [-0.25, -0.2) is 0 Å². The smallest absolute Gasteiger partial charge is 0.230 e. The Labute approximate surface area is 122 Å². The molecule has 5 nitrogen and oxygen atoms in total. The van der Waals surface area contributed by atoms with Crippen LogP contribution in [-0.4, -0.2) is 53.3 Å². The summed E-state index contributed by atoms with van der Waals surface area (Å²) in [5.41, 5.74) is 4.96. The molecule has 2 N–H and O–H groups in total. The van der Waals surface area contributed by atoms with Crippen molar-refractivity contribution < 1.29 is 9.59 Å². The van der Waals surface area contributed by atoms with Crippen molar-refractivity contribution in [3.8, 4) is 0 Å². The van der Waals surface area contributed by atoms with Gasteiger partial charge in [-0.2, -0.15) is 0 Å². The highest BCUT2D eigenvalue weighted by atomic mass is 16.2. The van der Waals surface area contributed by atoms with E-state index in [0.717, 1.165) is 13.0 Å². The van der Waals surface area contributed by atoms with Crippen molar-refractivity contribution in [3.63, 3.8) is 0 Å². The molecule has 1 aliphatic rings. The predicted octanol–water partition coefficient (Wildman–Crippen LogP) is 1.22. The molecule has 0 aromatic carbocycles. The van der Waals surface area contributed by atoms with Gasteiger partial charge in [0.2, 0.25) is 11.8 Å². The highest BCUT2D eigenvalue weighted by molar-refractivity contribution is 5.83. The van der Waals surface area contributed by atoms with Crippen LogP contribution in [0.15, 0.2) is 0 Å². The van der Waals surface area contributed by atoms with E-state index in [1.54, 1.807) is 0 Å². The third kappa shape index (κ3) is 3.51. The SMILES string of the molecule is CCC(=O)N1CCCN(C(=O)C(C)(C)C(C)(C)N)CC1. The van der Waals surface area contributed by atoms with Gasteiger partial charge in [0.05, 0.1) is 5.41 Å². The molecular weight excluding hydrogens is 254 g/mol. The van der Waals surface area contributed by atoms with Gasteiger partial charge >= 0.3 is 0 Å². The molecule has 2 amide bonds. The minimum Gasteiger partial charge on any atom is -0.341 e. The van der Waals surface area contributed by atoms with Crippen molar-refractivity contribution in [2.75, 3.05) is 26.2 Å². The predicted molar refractivity (Wildman–Crippen MR) is 80.1 cm³/mol. The first-order valence-electron chi connectivity index (χ1n) is 7.47. The number of carbonyl (C=O) groups is 2. The lowest BCUT2D eigenvalue weighted by Gasteiger charge is -2.40. The van der Waals surface area contributed by atoms with E-state index in [2.05, 4.69) is 0 Å². The summed E-state index contributed by atoms with van der Waals surface area (Å²) in [5, 5.41) is 0.